The number of halogens is 2. The molecule has 0 spiro atoms. The Labute approximate surface area is 111 Å². The van der Waals surface area contributed by atoms with Crippen LogP contribution in [0.5, 0.6) is 5.75 Å². The van der Waals surface area contributed by atoms with Crippen LogP contribution in [0.4, 0.5) is 0 Å². The number of rotatable bonds is 1. The van der Waals surface area contributed by atoms with Crippen LogP contribution in [0.1, 0.15) is 10.4 Å². The van der Waals surface area contributed by atoms with E-state index in [-0.39, 0.29) is 16.3 Å². The summed E-state index contributed by atoms with van der Waals surface area (Å²) in [6.45, 7) is 0. The predicted octanol–water partition coefficient (Wildman–Crippen LogP) is 1.68. The van der Waals surface area contributed by atoms with Gasteiger partial charge < -0.3 is 9.36 Å². The zero-order valence-electron chi connectivity index (χ0n) is 8.48. The minimum atomic E-state index is -3.91. The van der Waals surface area contributed by atoms with Gasteiger partial charge in [-0.3, -0.25) is 0 Å². The van der Waals surface area contributed by atoms with Crippen LogP contribution in [0.2, 0.25) is 5.02 Å². The van der Waals surface area contributed by atoms with Gasteiger partial charge in [-0.2, -0.15) is 4.08 Å². The fourth-order valence-corrected chi connectivity index (χ4v) is 2.33. The highest BCUT2D eigenvalue weighted by molar-refractivity contribution is 7.52. The van der Waals surface area contributed by atoms with Crippen molar-refractivity contribution < 1.29 is 22.8 Å². The van der Waals surface area contributed by atoms with E-state index in [0.29, 0.717) is 0 Å². The summed E-state index contributed by atoms with van der Waals surface area (Å²) in [6, 6.07) is 4.25. The van der Waals surface area contributed by atoms with Crippen molar-refractivity contribution in [1.29, 1.82) is 0 Å². The average molecular weight is 314 g/mol. The van der Waals surface area contributed by atoms with E-state index in [0.717, 1.165) is 0 Å². The third kappa shape index (κ3) is 2.76. The summed E-state index contributed by atoms with van der Waals surface area (Å²) in [4.78, 5) is 16.1. The van der Waals surface area contributed by atoms with E-state index in [2.05, 4.69) is 19.6 Å². The molecule has 8 nitrogen and oxygen atoms in total. The van der Waals surface area contributed by atoms with Gasteiger partial charge in [0.1, 0.15) is 5.75 Å². The Balaban J connectivity index is 2.46. The Hall–Kier alpha value is -0.860. The van der Waals surface area contributed by atoms with Gasteiger partial charge in [0, 0.05) is 0 Å². The van der Waals surface area contributed by atoms with Crippen LogP contribution in [0.3, 0.4) is 0 Å². The highest BCUT2D eigenvalue weighted by Gasteiger charge is 2.30. The first-order valence-corrected chi connectivity index (χ1v) is 6.65. The molecule has 0 amide bonds. The molecule has 0 fully saturated rings. The van der Waals surface area contributed by atoms with E-state index >= 15 is 0 Å². The van der Waals surface area contributed by atoms with Crippen molar-refractivity contribution in [3.05, 3.63) is 28.8 Å². The lowest BCUT2D eigenvalue weighted by atomic mass is 10.2. The highest BCUT2D eigenvalue weighted by Crippen LogP contribution is 2.47. The van der Waals surface area contributed by atoms with Crippen molar-refractivity contribution in [2.75, 3.05) is 0 Å². The second kappa shape index (κ2) is 5.41. The second-order valence-electron chi connectivity index (χ2n) is 3.00. The topological polar surface area (TPSA) is 97.9 Å². The van der Waals surface area contributed by atoms with Gasteiger partial charge >= 0.3 is 13.7 Å². The molecular weight excluding hydrogens is 308 g/mol. The first-order valence-electron chi connectivity index (χ1n) is 4.43. The second-order valence-corrected chi connectivity index (χ2v) is 5.33. The molecule has 11 heteroatoms. The maximum atomic E-state index is 11.9. The molecule has 1 atom stereocenters. The van der Waals surface area contributed by atoms with Crippen molar-refractivity contribution in [3.63, 3.8) is 0 Å². The van der Waals surface area contributed by atoms with E-state index in [1.165, 1.54) is 18.2 Å². The molecule has 0 aromatic heterocycles. The average Bonchev–Trinajstić information content (AvgIpc) is 2.36. The molecule has 2 rings (SSSR count). The molecule has 0 saturated carbocycles. The minimum absolute atomic E-state index is 0.0199. The largest absolute Gasteiger partial charge is 0.489 e. The first-order chi connectivity index (χ1) is 8.56. The molecule has 1 heterocycles. The van der Waals surface area contributed by atoms with E-state index in [9.17, 15) is 9.36 Å². The monoisotopic (exact) mass is 313 g/mol. The molecule has 98 valence electrons. The first kappa shape index (κ1) is 13.6. The fourth-order valence-electron chi connectivity index (χ4n) is 1.14. The molecule has 1 aromatic rings. The van der Waals surface area contributed by atoms with E-state index in [1.54, 1.807) is 0 Å². The smallest absolute Gasteiger partial charge is 0.410 e. The quantitative estimate of drug-likeness (QED) is 0.674. The molecule has 2 bridgehead atoms. The Morgan fingerprint density at radius 1 is 1.39 bits per heavy atom. The summed E-state index contributed by atoms with van der Waals surface area (Å²) in [5.41, 5.74) is 4.06. The lowest BCUT2D eigenvalue weighted by Gasteiger charge is -2.19. The number of fused-ring (bicyclic) bond motifs is 2. The fraction of sp³-hybridized carbons (Fsp3) is 0. The van der Waals surface area contributed by atoms with Gasteiger partial charge in [-0.05, 0) is 12.1 Å². The lowest BCUT2D eigenvalue weighted by Crippen LogP contribution is -2.43. The van der Waals surface area contributed by atoms with Crippen molar-refractivity contribution in [2.45, 2.75) is 0 Å². The van der Waals surface area contributed by atoms with Crippen LogP contribution in [-0.4, -0.2) is 5.97 Å². The summed E-state index contributed by atoms with van der Waals surface area (Å²) < 4.78 is 21.1. The van der Waals surface area contributed by atoms with Crippen LogP contribution in [0.15, 0.2) is 18.2 Å². The zero-order chi connectivity index (χ0) is 13.2. The zero-order valence-corrected chi connectivity index (χ0v) is 10.9. The third-order valence-corrected chi connectivity index (χ3v) is 3.82. The molecule has 0 aliphatic carbocycles. The standard InChI is InChI=1S/C7H6Cl2N3O5P/c8-6-4-2-1-3-5(6)16-18(14,17-9)12-10-11-15-7(4)13/h1-3,10-11H,(H,12,14). The van der Waals surface area contributed by atoms with Gasteiger partial charge in [0.2, 0.25) is 0 Å². The molecule has 1 aliphatic heterocycles. The number of carbonyl (C=O) groups is 1. The van der Waals surface area contributed by atoms with Gasteiger partial charge in [0.15, 0.2) is 0 Å². The Morgan fingerprint density at radius 2 is 2.17 bits per heavy atom. The molecular formula is C7H6Cl2N3O5P. The third-order valence-electron chi connectivity index (χ3n) is 1.88. The molecule has 1 aromatic carbocycles. The maximum Gasteiger partial charge on any atom is 0.489 e. The minimum Gasteiger partial charge on any atom is -0.410 e. The molecule has 0 radical (unpaired) electrons. The molecule has 18 heavy (non-hydrogen) atoms. The SMILES string of the molecule is O=C1ONNNP(=O)(OCl)Oc2cccc1c2Cl. The molecule has 3 N–H and O–H groups in total. The number of hydrogen-bond acceptors (Lipinski definition) is 7. The van der Waals surface area contributed by atoms with Crippen molar-refractivity contribution in [1.82, 2.24) is 16.3 Å². The summed E-state index contributed by atoms with van der Waals surface area (Å²) in [5.74, 6) is -0.811. The maximum absolute atomic E-state index is 11.9. The van der Waals surface area contributed by atoms with Gasteiger partial charge in [0.25, 0.3) is 0 Å². The van der Waals surface area contributed by atoms with E-state index in [1.807, 2.05) is 5.59 Å². The number of benzene rings is 1. The summed E-state index contributed by atoms with van der Waals surface area (Å²) in [7, 11) is -3.91. The molecule has 1 unspecified atom stereocenters. The van der Waals surface area contributed by atoms with Gasteiger partial charge in [0.05, 0.1) is 22.5 Å². The number of hydrogen-bond donors (Lipinski definition) is 3. The van der Waals surface area contributed by atoms with E-state index < -0.39 is 13.7 Å². The van der Waals surface area contributed by atoms with Crippen LogP contribution in [0.25, 0.3) is 0 Å². The summed E-state index contributed by atoms with van der Waals surface area (Å²) in [5, 5.41) is 1.97. The van der Waals surface area contributed by atoms with Crippen molar-refractivity contribution >= 4 is 37.2 Å². The summed E-state index contributed by atoms with van der Waals surface area (Å²) in [6.07, 6.45) is 0. The molecule has 1 aliphatic rings. The number of carbonyl (C=O) groups excluding carboxylic acids is 1. The van der Waals surface area contributed by atoms with Crippen LogP contribution >= 0.6 is 31.2 Å². The van der Waals surface area contributed by atoms with Crippen LogP contribution in [-0.2, 0) is 13.5 Å². The van der Waals surface area contributed by atoms with Gasteiger partial charge in [-0.15, -0.1) is 10.7 Å². The van der Waals surface area contributed by atoms with E-state index in [4.69, 9.17) is 28.0 Å². The van der Waals surface area contributed by atoms with Gasteiger partial charge in [-0.25, -0.2) is 9.36 Å². The summed E-state index contributed by atoms with van der Waals surface area (Å²) >= 11 is 11.0. The Kier molecular flexibility index (Phi) is 4.08. The molecule has 0 saturated heterocycles. The highest BCUT2D eigenvalue weighted by atomic mass is 35.5. The van der Waals surface area contributed by atoms with Crippen LogP contribution < -0.4 is 20.8 Å². The predicted molar refractivity (Wildman–Crippen MR) is 61.4 cm³/mol. The van der Waals surface area contributed by atoms with Gasteiger partial charge in [-0.1, -0.05) is 23.3 Å². The Morgan fingerprint density at radius 3 is 2.89 bits per heavy atom. The van der Waals surface area contributed by atoms with Crippen LogP contribution in [0, 0.1) is 0 Å². The number of hydrazine groups is 2. The lowest BCUT2D eigenvalue weighted by molar-refractivity contribution is 0.00981. The normalized spacial score (nSPS) is 24.0. The van der Waals surface area contributed by atoms with Crippen molar-refractivity contribution in [2.24, 2.45) is 0 Å². The van der Waals surface area contributed by atoms with Crippen molar-refractivity contribution in [3.8, 4) is 5.75 Å². The Bertz CT molecular complexity index is 528. The number of nitrogens with one attached hydrogen (secondary N) is 3.